The molecule has 7 nitrogen and oxygen atoms in total. The van der Waals surface area contributed by atoms with Gasteiger partial charge in [0.25, 0.3) is 0 Å². The SMILES string of the molecule is CCC(CC)NC(=O)n1nc(C)n(N)c1=O. The van der Waals surface area contributed by atoms with E-state index in [1.165, 1.54) is 0 Å². The molecule has 0 bridgehead atoms. The van der Waals surface area contributed by atoms with Gasteiger partial charge in [0.1, 0.15) is 0 Å². The van der Waals surface area contributed by atoms with Crippen LogP contribution in [0.4, 0.5) is 4.79 Å². The van der Waals surface area contributed by atoms with Crippen LogP contribution in [0.1, 0.15) is 32.5 Å². The second kappa shape index (κ2) is 4.82. The lowest BCUT2D eigenvalue weighted by Gasteiger charge is -2.13. The molecule has 0 radical (unpaired) electrons. The van der Waals surface area contributed by atoms with Gasteiger partial charge in [-0.15, -0.1) is 9.78 Å². The summed E-state index contributed by atoms with van der Waals surface area (Å²) in [6.45, 7) is 5.48. The van der Waals surface area contributed by atoms with E-state index in [-0.39, 0.29) is 6.04 Å². The second-order valence-corrected chi connectivity index (χ2v) is 3.57. The lowest BCUT2D eigenvalue weighted by molar-refractivity contribution is 0.233. The zero-order chi connectivity index (χ0) is 12.3. The normalized spacial score (nSPS) is 10.8. The summed E-state index contributed by atoms with van der Waals surface area (Å²) >= 11 is 0. The predicted octanol–water partition coefficient (Wildman–Crippen LogP) is -0.187. The molecule has 1 aromatic rings. The van der Waals surface area contributed by atoms with Gasteiger partial charge in [0.2, 0.25) is 0 Å². The van der Waals surface area contributed by atoms with Crippen LogP contribution in [0.2, 0.25) is 0 Å². The van der Waals surface area contributed by atoms with Crippen molar-refractivity contribution in [1.82, 2.24) is 19.8 Å². The van der Waals surface area contributed by atoms with Crippen LogP contribution in [0, 0.1) is 6.92 Å². The van der Waals surface area contributed by atoms with Gasteiger partial charge in [-0.3, -0.25) is 0 Å². The fraction of sp³-hybridized carbons (Fsp3) is 0.667. The number of nitrogens with two attached hydrogens (primary N) is 1. The lowest BCUT2D eigenvalue weighted by Crippen LogP contribution is -2.43. The number of hydrogen-bond donors (Lipinski definition) is 2. The number of hydrogen-bond acceptors (Lipinski definition) is 4. The molecule has 1 rings (SSSR count). The van der Waals surface area contributed by atoms with Crippen molar-refractivity contribution in [1.29, 1.82) is 0 Å². The molecule has 0 unspecified atom stereocenters. The summed E-state index contributed by atoms with van der Waals surface area (Å²) in [6.07, 6.45) is 1.61. The zero-order valence-corrected chi connectivity index (χ0v) is 9.73. The Morgan fingerprint density at radius 1 is 1.50 bits per heavy atom. The highest BCUT2D eigenvalue weighted by molar-refractivity contribution is 5.75. The summed E-state index contributed by atoms with van der Waals surface area (Å²) in [5, 5.41) is 6.47. The molecule has 0 aliphatic rings. The van der Waals surface area contributed by atoms with E-state index in [4.69, 9.17) is 5.84 Å². The number of amides is 1. The Labute approximate surface area is 93.2 Å². The van der Waals surface area contributed by atoms with Crippen molar-refractivity contribution in [3.63, 3.8) is 0 Å². The first-order valence-electron chi connectivity index (χ1n) is 5.25. The molecule has 7 heteroatoms. The standard InChI is InChI=1S/C9H17N5O2/c1-4-7(5-2)11-8(15)14-9(16)13(10)6(3)12-14/h7H,4-5,10H2,1-3H3,(H,11,15). The van der Waals surface area contributed by atoms with Gasteiger partial charge in [-0.05, 0) is 19.8 Å². The molecule has 0 aliphatic carbocycles. The third-order valence-corrected chi connectivity index (χ3v) is 2.49. The largest absolute Gasteiger partial charge is 0.373 e. The average Bonchev–Trinajstić information content (AvgIpc) is 2.53. The molecule has 0 atom stereocenters. The first kappa shape index (κ1) is 12.3. The molecule has 0 aliphatic heterocycles. The zero-order valence-electron chi connectivity index (χ0n) is 9.73. The van der Waals surface area contributed by atoms with E-state index in [1.807, 2.05) is 13.8 Å². The minimum Gasteiger partial charge on any atom is -0.333 e. The summed E-state index contributed by atoms with van der Waals surface area (Å²) in [5.41, 5.74) is -0.638. The number of aryl methyl sites for hydroxylation is 1. The monoisotopic (exact) mass is 227 g/mol. The number of nitrogens with zero attached hydrogens (tertiary/aromatic N) is 3. The van der Waals surface area contributed by atoms with Crippen LogP contribution in [0.3, 0.4) is 0 Å². The van der Waals surface area contributed by atoms with Crippen molar-refractivity contribution in [2.75, 3.05) is 5.84 Å². The Kier molecular flexibility index (Phi) is 3.70. The van der Waals surface area contributed by atoms with E-state index >= 15 is 0 Å². The third kappa shape index (κ3) is 2.23. The fourth-order valence-corrected chi connectivity index (χ4v) is 1.34. The van der Waals surface area contributed by atoms with Crippen molar-refractivity contribution in [2.24, 2.45) is 0 Å². The maximum atomic E-state index is 11.7. The molecule has 0 aromatic carbocycles. The molecule has 1 aromatic heterocycles. The van der Waals surface area contributed by atoms with Crippen molar-refractivity contribution in [3.05, 3.63) is 16.3 Å². The Hall–Kier alpha value is -1.79. The van der Waals surface area contributed by atoms with Crippen LogP contribution in [-0.4, -0.2) is 26.5 Å². The summed E-state index contributed by atoms with van der Waals surface area (Å²) in [7, 11) is 0. The number of nitrogen functional groups attached to an aromatic ring is 1. The van der Waals surface area contributed by atoms with Crippen molar-refractivity contribution >= 4 is 6.03 Å². The van der Waals surface area contributed by atoms with Crippen LogP contribution < -0.4 is 16.8 Å². The van der Waals surface area contributed by atoms with Gasteiger partial charge in [0, 0.05) is 6.04 Å². The molecule has 0 saturated carbocycles. The molecular formula is C9H17N5O2. The van der Waals surface area contributed by atoms with Gasteiger partial charge < -0.3 is 11.2 Å². The summed E-state index contributed by atoms with van der Waals surface area (Å²) in [6, 6.07) is -0.492. The highest BCUT2D eigenvalue weighted by Gasteiger charge is 2.16. The maximum absolute atomic E-state index is 11.7. The quantitative estimate of drug-likeness (QED) is 0.700. The third-order valence-electron chi connectivity index (χ3n) is 2.49. The van der Waals surface area contributed by atoms with Crippen molar-refractivity contribution in [2.45, 2.75) is 39.7 Å². The lowest BCUT2D eigenvalue weighted by atomic mass is 10.2. The van der Waals surface area contributed by atoms with Crippen molar-refractivity contribution in [3.8, 4) is 0 Å². The Balaban J connectivity index is 2.89. The number of rotatable bonds is 3. The maximum Gasteiger partial charge on any atom is 0.373 e. The predicted molar refractivity (Wildman–Crippen MR) is 59.7 cm³/mol. The van der Waals surface area contributed by atoms with Crippen LogP contribution in [0.25, 0.3) is 0 Å². The van der Waals surface area contributed by atoms with Crippen molar-refractivity contribution < 1.29 is 4.79 Å². The smallest absolute Gasteiger partial charge is 0.333 e. The van der Waals surface area contributed by atoms with Gasteiger partial charge in [-0.25, -0.2) is 9.59 Å². The molecule has 1 amide bonds. The van der Waals surface area contributed by atoms with Gasteiger partial charge in [-0.2, -0.15) is 4.68 Å². The molecule has 1 heterocycles. The Morgan fingerprint density at radius 3 is 2.44 bits per heavy atom. The van der Waals surface area contributed by atoms with E-state index in [0.29, 0.717) is 5.82 Å². The van der Waals surface area contributed by atoms with E-state index in [0.717, 1.165) is 22.2 Å². The highest BCUT2D eigenvalue weighted by atomic mass is 16.2. The number of carbonyl (C=O) groups is 1. The van der Waals surface area contributed by atoms with Gasteiger partial charge >= 0.3 is 11.7 Å². The molecular weight excluding hydrogens is 210 g/mol. The van der Waals surface area contributed by atoms with E-state index < -0.39 is 11.7 Å². The summed E-state index contributed by atoms with van der Waals surface area (Å²) in [4.78, 5) is 23.1. The van der Waals surface area contributed by atoms with Gasteiger partial charge in [-0.1, -0.05) is 13.8 Å². The summed E-state index contributed by atoms with van der Waals surface area (Å²) in [5.74, 6) is 5.67. The number of carbonyl (C=O) groups excluding carboxylic acids is 1. The number of aromatic nitrogens is 3. The minimum absolute atomic E-state index is 0.0441. The Morgan fingerprint density at radius 2 is 2.06 bits per heavy atom. The minimum atomic E-state index is -0.638. The van der Waals surface area contributed by atoms with Gasteiger partial charge in [0.05, 0.1) is 0 Å². The topological polar surface area (TPSA) is 94.9 Å². The molecule has 90 valence electrons. The van der Waals surface area contributed by atoms with Crippen LogP contribution in [-0.2, 0) is 0 Å². The van der Waals surface area contributed by atoms with Crippen LogP contribution in [0.5, 0.6) is 0 Å². The van der Waals surface area contributed by atoms with E-state index in [2.05, 4.69) is 10.4 Å². The van der Waals surface area contributed by atoms with E-state index in [9.17, 15) is 9.59 Å². The van der Waals surface area contributed by atoms with Crippen LogP contribution in [0.15, 0.2) is 4.79 Å². The fourth-order valence-electron chi connectivity index (χ4n) is 1.34. The van der Waals surface area contributed by atoms with Crippen LogP contribution >= 0.6 is 0 Å². The van der Waals surface area contributed by atoms with E-state index in [1.54, 1.807) is 6.92 Å². The highest BCUT2D eigenvalue weighted by Crippen LogP contribution is 1.96. The molecule has 3 N–H and O–H groups in total. The Bertz CT molecular complexity index is 430. The average molecular weight is 227 g/mol. The van der Waals surface area contributed by atoms with Gasteiger partial charge in [0.15, 0.2) is 5.82 Å². The summed E-state index contributed by atoms with van der Waals surface area (Å²) < 4.78 is 1.58. The molecule has 16 heavy (non-hydrogen) atoms. The number of nitrogens with one attached hydrogen (secondary N) is 1. The molecule has 0 fully saturated rings. The second-order valence-electron chi connectivity index (χ2n) is 3.57. The molecule has 0 spiro atoms. The first-order valence-corrected chi connectivity index (χ1v) is 5.25. The molecule has 0 saturated heterocycles. The first-order chi connectivity index (χ1) is 7.51.